The predicted octanol–water partition coefficient (Wildman–Crippen LogP) is 3.78. The molecule has 0 saturated heterocycles. The number of benzene rings is 1. The molecule has 20 heavy (non-hydrogen) atoms. The maximum absolute atomic E-state index is 11.7. The fraction of sp³-hybridized carbons (Fsp3) is 0.375. The van der Waals surface area contributed by atoms with Crippen molar-refractivity contribution in [2.45, 2.75) is 33.1 Å². The third kappa shape index (κ3) is 2.90. The molecular weight excluding hydrogens is 268 g/mol. The molecule has 0 aliphatic carbocycles. The molecule has 2 rings (SSSR count). The first-order valence-electron chi connectivity index (χ1n) is 6.63. The molecule has 1 heterocycles. The van der Waals surface area contributed by atoms with E-state index in [9.17, 15) is 4.79 Å². The van der Waals surface area contributed by atoms with Crippen LogP contribution in [0, 0.1) is 6.92 Å². The summed E-state index contributed by atoms with van der Waals surface area (Å²) in [6.07, 6.45) is 0. The van der Waals surface area contributed by atoms with Crippen molar-refractivity contribution in [3.63, 3.8) is 0 Å². The van der Waals surface area contributed by atoms with Gasteiger partial charge in [-0.1, -0.05) is 45.0 Å². The van der Waals surface area contributed by atoms with Gasteiger partial charge in [0.25, 0.3) is 5.91 Å². The Kier molecular flexibility index (Phi) is 3.95. The number of carbonyl (C=O) groups is 1. The molecule has 0 aliphatic rings. The normalized spacial score (nSPS) is 11.4. The van der Waals surface area contributed by atoms with Gasteiger partial charge in [-0.3, -0.25) is 4.79 Å². The first-order chi connectivity index (χ1) is 9.32. The highest BCUT2D eigenvalue weighted by Gasteiger charge is 2.16. The van der Waals surface area contributed by atoms with Crippen molar-refractivity contribution in [3.8, 4) is 10.6 Å². The third-order valence-electron chi connectivity index (χ3n) is 3.23. The molecular formula is C16H20N2OS. The van der Waals surface area contributed by atoms with Crippen molar-refractivity contribution in [1.82, 2.24) is 10.3 Å². The maximum Gasteiger partial charge on any atom is 0.263 e. The Balaban J connectivity index is 2.35. The molecule has 0 bridgehead atoms. The average molecular weight is 288 g/mol. The van der Waals surface area contributed by atoms with Crippen LogP contribution in [0.5, 0.6) is 0 Å². The van der Waals surface area contributed by atoms with Gasteiger partial charge in [0.15, 0.2) is 0 Å². The first kappa shape index (κ1) is 14.7. The molecule has 0 aliphatic heterocycles. The van der Waals surface area contributed by atoms with Crippen LogP contribution < -0.4 is 5.32 Å². The molecule has 0 unspecified atom stereocenters. The van der Waals surface area contributed by atoms with Gasteiger partial charge in [0.1, 0.15) is 9.88 Å². The number of thiazole rings is 1. The van der Waals surface area contributed by atoms with Crippen molar-refractivity contribution in [1.29, 1.82) is 0 Å². The van der Waals surface area contributed by atoms with E-state index in [2.05, 4.69) is 55.3 Å². The van der Waals surface area contributed by atoms with Gasteiger partial charge < -0.3 is 5.32 Å². The van der Waals surface area contributed by atoms with Crippen LogP contribution in [0.15, 0.2) is 24.3 Å². The molecule has 4 heteroatoms. The second kappa shape index (κ2) is 5.37. The van der Waals surface area contributed by atoms with Gasteiger partial charge >= 0.3 is 0 Å². The van der Waals surface area contributed by atoms with Crippen LogP contribution in [0.25, 0.3) is 10.6 Å². The van der Waals surface area contributed by atoms with Crippen molar-refractivity contribution < 1.29 is 4.79 Å². The maximum atomic E-state index is 11.7. The van der Waals surface area contributed by atoms with Crippen molar-refractivity contribution in [2.75, 3.05) is 7.05 Å². The van der Waals surface area contributed by atoms with Gasteiger partial charge in [0.2, 0.25) is 0 Å². The van der Waals surface area contributed by atoms with Gasteiger partial charge in [-0.2, -0.15) is 0 Å². The van der Waals surface area contributed by atoms with E-state index in [0.717, 1.165) is 16.3 Å². The summed E-state index contributed by atoms with van der Waals surface area (Å²) in [4.78, 5) is 16.9. The van der Waals surface area contributed by atoms with Crippen molar-refractivity contribution in [2.24, 2.45) is 0 Å². The Morgan fingerprint density at radius 3 is 2.30 bits per heavy atom. The number of amides is 1. The molecule has 2 aromatic rings. The highest BCUT2D eigenvalue weighted by Crippen LogP contribution is 2.30. The van der Waals surface area contributed by atoms with E-state index in [1.807, 2.05) is 6.92 Å². The lowest BCUT2D eigenvalue weighted by Gasteiger charge is -2.18. The molecule has 106 valence electrons. The molecule has 0 fully saturated rings. The molecule has 0 spiro atoms. The van der Waals surface area contributed by atoms with Crippen molar-refractivity contribution >= 4 is 17.2 Å². The number of aryl methyl sites for hydroxylation is 1. The summed E-state index contributed by atoms with van der Waals surface area (Å²) in [5.41, 5.74) is 3.27. The third-order valence-corrected chi connectivity index (χ3v) is 4.43. The first-order valence-corrected chi connectivity index (χ1v) is 7.45. The number of hydrogen-bond acceptors (Lipinski definition) is 3. The second-order valence-electron chi connectivity index (χ2n) is 5.84. The summed E-state index contributed by atoms with van der Waals surface area (Å²) >= 11 is 1.44. The molecule has 0 atom stereocenters. The summed E-state index contributed by atoms with van der Waals surface area (Å²) in [5, 5.41) is 3.54. The van der Waals surface area contributed by atoms with Crippen LogP contribution in [0.4, 0.5) is 0 Å². The summed E-state index contributed by atoms with van der Waals surface area (Å²) in [5.74, 6) is -0.0717. The van der Waals surface area contributed by atoms with Gasteiger partial charge in [0.05, 0.1) is 5.69 Å². The number of carbonyl (C=O) groups excluding carboxylic acids is 1. The minimum absolute atomic E-state index is 0.0717. The summed E-state index contributed by atoms with van der Waals surface area (Å²) in [6.45, 7) is 8.45. The summed E-state index contributed by atoms with van der Waals surface area (Å²) < 4.78 is 0. The number of nitrogens with zero attached hydrogens (tertiary/aromatic N) is 1. The standard InChI is InChI=1S/C16H20N2OS/c1-10-13(14(19)17-5)20-15(18-10)11-6-8-12(9-7-11)16(2,3)4/h6-9H,1-5H3,(H,17,19). The summed E-state index contributed by atoms with van der Waals surface area (Å²) in [7, 11) is 1.64. The van der Waals surface area contributed by atoms with E-state index < -0.39 is 0 Å². The molecule has 0 saturated carbocycles. The molecule has 1 N–H and O–H groups in total. The largest absolute Gasteiger partial charge is 0.354 e. The monoisotopic (exact) mass is 288 g/mol. The number of aromatic nitrogens is 1. The highest BCUT2D eigenvalue weighted by molar-refractivity contribution is 7.17. The zero-order valence-electron chi connectivity index (χ0n) is 12.6. The fourth-order valence-corrected chi connectivity index (χ4v) is 2.97. The molecule has 3 nitrogen and oxygen atoms in total. The van der Waals surface area contributed by atoms with Crippen LogP contribution in [-0.2, 0) is 5.41 Å². The lowest BCUT2D eigenvalue weighted by atomic mass is 9.87. The van der Waals surface area contributed by atoms with Crippen LogP contribution in [0.2, 0.25) is 0 Å². The van der Waals surface area contributed by atoms with Gasteiger partial charge in [-0.25, -0.2) is 4.98 Å². The highest BCUT2D eigenvalue weighted by atomic mass is 32.1. The topological polar surface area (TPSA) is 42.0 Å². The summed E-state index contributed by atoms with van der Waals surface area (Å²) in [6, 6.07) is 8.41. The molecule has 1 aromatic heterocycles. The van der Waals surface area contributed by atoms with E-state index in [0.29, 0.717) is 4.88 Å². The SMILES string of the molecule is CNC(=O)c1sc(-c2ccc(C(C)(C)C)cc2)nc1C. The van der Waals surface area contributed by atoms with E-state index in [1.54, 1.807) is 7.05 Å². The second-order valence-corrected chi connectivity index (χ2v) is 6.84. The Morgan fingerprint density at radius 2 is 1.80 bits per heavy atom. The Morgan fingerprint density at radius 1 is 1.20 bits per heavy atom. The molecule has 1 amide bonds. The fourth-order valence-electron chi connectivity index (χ4n) is 1.96. The van der Waals surface area contributed by atoms with E-state index in [1.165, 1.54) is 16.9 Å². The zero-order valence-corrected chi connectivity index (χ0v) is 13.4. The van der Waals surface area contributed by atoms with Crippen LogP contribution in [0.1, 0.15) is 41.7 Å². The van der Waals surface area contributed by atoms with Crippen molar-refractivity contribution in [3.05, 3.63) is 40.4 Å². The lowest BCUT2D eigenvalue weighted by molar-refractivity contribution is 0.0966. The minimum atomic E-state index is -0.0717. The Hall–Kier alpha value is -1.68. The Labute approximate surface area is 124 Å². The predicted molar refractivity (Wildman–Crippen MR) is 84.4 cm³/mol. The quantitative estimate of drug-likeness (QED) is 0.914. The lowest BCUT2D eigenvalue weighted by Crippen LogP contribution is -2.17. The van der Waals surface area contributed by atoms with Gasteiger partial charge in [-0.15, -0.1) is 11.3 Å². The number of hydrogen-bond donors (Lipinski definition) is 1. The average Bonchev–Trinajstić information content (AvgIpc) is 2.79. The van der Waals surface area contributed by atoms with E-state index >= 15 is 0 Å². The Bertz CT molecular complexity index is 621. The van der Waals surface area contributed by atoms with Gasteiger partial charge in [0, 0.05) is 12.6 Å². The van der Waals surface area contributed by atoms with Gasteiger partial charge in [-0.05, 0) is 17.9 Å². The van der Waals surface area contributed by atoms with E-state index in [4.69, 9.17) is 0 Å². The molecule has 1 aromatic carbocycles. The van der Waals surface area contributed by atoms with Crippen LogP contribution in [0.3, 0.4) is 0 Å². The molecule has 0 radical (unpaired) electrons. The van der Waals surface area contributed by atoms with Crippen LogP contribution >= 0.6 is 11.3 Å². The minimum Gasteiger partial charge on any atom is -0.354 e. The van der Waals surface area contributed by atoms with E-state index in [-0.39, 0.29) is 11.3 Å². The zero-order chi connectivity index (χ0) is 14.9. The smallest absolute Gasteiger partial charge is 0.263 e. The number of nitrogens with one attached hydrogen (secondary N) is 1. The number of rotatable bonds is 2. The van der Waals surface area contributed by atoms with Crippen LogP contribution in [-0.4, -0.2) is 17.9 Å².